The number of hydrogen-bond acceptors (Lipinski definition) is 4. The van der Waals surface area contributed by atoms with Crippen molar-refractivity contribution in [2.45, 2.75) is 17.6 Å². The Kier molecular flexibility index (Phi) is 4.95. The Morgan fingerprint density at radius 2 is 2.14 bits per heavy atom. The van der Waals surface area contributed by atoms with Gasteiger partial charge in [-0.25, -0.2) is 13.6 Å². The predicted octanol–water partition coefficient (Wildman–Crippen LogP) is 3.17. The van der Waals surface area contributed by atoms with Gasteiger partial charge >= 0.3 is 5.97 Å². The Bertz CT molecular complexity index is 658. The van der Waals surface area contributed by atoms with Crippen LogP contribution in [0.3, 0.4) is 0 Å². The van der Waals surface area contributed by atoms with Gasteiger partial charge in [-0.3, -0.25) is 4.68 Å². The number of carbonyl (C=O) groups is 1. The van der Waals surface area contributed by atoms with Gasteiger partial charge < -0.3 is 4.74 Å². The molecule has 0 aliphatic rings. The van der Waals surface area contributed by atoms with Gasteiger partial charge in [0.05, 0.1) is 18.5 Å². The molecular formula is C14H14F2N2O2S. The lowest BCUT2D eigenvalue weighted by Gasteiger charge is -2.06. The molecule has 0 aliphatic carbocycles. The number of rotatable bonds is 5. The minimum Gasteiger partial charge on any atom is -0.462 e. The van der Waals surface area contributed by atoms with Gasteiger partial charge in [0.1, 0.15) is 5.56 Å². The van der Waals surface area contributed by atoms with E-state index in [4.69, 9.17) is 4.74 Å². The summed E-state index contributed by atoms with van der Waals surface area (Å²) in [6.07, 6.45) is 1.44. The number of aryl methyl sites for hydroxylation is 1. The molecule has 1 aromatic heterocycles. The van der Waals surface area contributed by atoms with Gasteiger partial charge in [0.15, 0.2) is 11.6 Å². The van der Waals surface area contributed by atoms with Gasteiger partial charge in [0.25, 0.3) is 0 Å². The van der Waals surface area contributed by atoms with Crippen molar-refractivity contribution in [3.8, 4) is 0 Å². The average Bonchev–Trinajstić information content (AvgIpc) is 2.82. The van der Waals surface area contributed by atoms with Crippen LogP contribution in [0, 0.1) is 11.6 Å². The second-order valence-electron chi connectivity index (χ2n) is 4.21. The van der Waals surface area contributed by atoms with Crippen LogP contribution in [0.2, 0.25) is 0 Å². The fourth-order valence-corrected chi connectivity index (χ4v) is 2.73. The zero-order valence-electron chi connectivity index (χ0n) is 11.6. The molecule has 0 amide bonds. The van der Waals surface area contributed by atoms with Crippen LogP contribution in [0.4, 0.5) is 8.78 Å². The van der Waals surface area contributed by atoms with E-state index in [-0.39, 0.29) is 6.61 Å². The predicted molar refractivity (Wildman–Crippen MR) is 75.1 cm³/mol. The van der Waals surface area contributed by atoms with Crippen molar-refractivity contribution < 1.29 is 18.3 Å². The lowest BCUT2D eigenvalue weighted by atomic mass is 10.3. The van der Waals surface area contributed by atoms with E-state index in [1.807, 2.05) is 0 Å². The van der Waals surface area contributed by atoms with Gasteiger partial charge in [-0.05, 0) is 25.1 Å². The van der Waals surface area contributed by atoms with Crippen LogP contribution in [0.1, 0.15) is 23.0 Å². The number of benzene rings is 1. The van der Waals surface area contributed by atoms with E-state index < -0.39 is 17.6 Å². The van der Waals surface area contributed by atoms with Crippen molar-refractivity contribution in [1.82, 2.24) is 9.78 Å². The standard InChI is InChI=1S/C14H14F2N2O2S/c1-3-20-14(19)10-7-17-18(2)13(10)8-21-9-4-5-11(15)12(16)6-9/h4-7H,3,8H2,1-2H3. The number of halogens is 2. The van der Waals surface area contributed by atoms with E-state index >= 15 is 0 Å². The summed E-state index contributed by atoms with van der Waals surface area (Å²) in [5.74, 6) is -1.82. The normalized spacial score (nSPS) is 10.7. The molecule has 0 unspecified atom stereocenters. The SMILES string of the molecule is CCOC(=O)c1cnn(C)c1CSc1ccc(F)c(F)c1. The second-order valence-corrected chi connectivity index (χ2v) is 5.26. The number of hydrogen-bond donors (Lipinski definition) is 0. The summed E-state index contributed by atoms with van der Waals surface area (Å²) in [6, 6.07) is 3.69. The molecule has 0 N–H and O–H groups in total. The zero-order valence-corrected chi connectivity index (χ0v) is 12.4. The first kappa shape index (κ1) is 15.5. The van der Waals surface area contributed by atoms with Gasteiger partial charge in [-0.2, -0.15) is 5.10 Å². The molecule has 4 nitrogen and oxygen atoms in total. The van der Waals surface area contributed by atoms with E-state index in [1.54, 1.807) is 18.7 Å². The zero-order chi connectivity index (χ0) is 15.4. The maximum absolute atomic E-state index is 13.2. The smallest absolute Gasteiger partial charge is 0.341 e. The number of nitrogens with zero attached hydrogens (tertiary/aromatic N) is 2. The van der Waals surface area contributed by atoms with E-state index in [0.29, 0.717) is 21.9 Å². The first-order chi connectivity index (χ1) is 10.0. The molecule has 0 spiro atoms. The van der Waals surface area contributed by atoms with Crippen LogP contribution in [0.5, 0.6) is 0 Å². The summed E-state index contributed by atoms with van der Waals surface area (Å²) in [7, 11) is 1.71. The molecule has 0 aliphatic heterocycles. The molecule has 2 aromatic rings. The molecule has 0 saturated carbocycles. The van der Waals surface area contributed by atoms with Crippen LogP contribution in [-0.2, 0) is 17.5 Å². The van der Waals surface area contributed by atoms with Crippen molar-refractivity contribution in [2.24, 2.45) is 7.05 Å². The highest BCUT2D eigenvalue weighted by atomic mass is 32.2. The molecule has 0 atom stereocenters. The van der Waals surface area contributed by atoms with Crippen molar-refractivity contribution in [3.05, 3.63) is 47.3 Å². The minimum absolute atomic E-state index is 0.281. The summed E-state index contributed by atoms with van der Waals surface area (Å²) in [5.41, 5.74) is 1.05. The third kappa shape index (κ3) is 3.60. The Morgan fingerprint density at radius 1 is 1.38 bits per heavy atom. The van der Waals surface area contributed by atoms with Crippen LogP contribution in [-0.4, -0.2) is 22.4 Å². The minimum atomic E-state index is -0.893. The fraction of sp³-hybridized carbons (Fsp3) is 0.286. The monoisotopic (exact) mass is 312 g/mol. The summed E-state index contributed by atoms with van der Waals surface area (Å²) in [6.45, 7) is 2.01. The summed E-state index contributed by atoms with van der Waals surface area (Å²) < 4.78 is 32.6. The molecule has 1 heterocycles. The summed E-state index contributed by atoms with van der Waals surface area (Å²) in [4.78, 5) is 12.4. The Balaban J connectivity index is 2.14. The van der Waals surface area contributed by atoms with Crippen molar-refractivity contribution in [3.63, 3.8) is 0 Å². The Labute approximate surface area is 125 Å². The Morgan fingerprint density at radius 3 is 2.81 bits per heavy atom. The highest BCUT2D eigenvalue weighted by molar-refractivity contribution is 7.98. The molecule has 21 heavy (non-hydrogen) atoms. The maximum atomic E-state index is 13.2. The maximum Gasteiger partial charge on any atom is 0.341 e. The molecule has 2 rings (SSSR count). The third-order valence-electron chi connectivity index (χ3n) is 2.82. The van der Waals surface area contributed by atoms with E-state index in [9.17, 15) is 13.6 Å². The highest BCUT2D eigenvalue weighted by Gasteiger charge is 2.17. The highest BCUT2D eigenvalue weighted by Crippen LogP contribution is 2.25. The number of thioether (sulfide) groups is 1. The molecule has 7 heteroatoms. The molecule has 0 fully saturated rings. The molecule has 0 saturated heterocycles. The van der Waals surface area contributed by atoms with Crippen molar-refractivity contribution in [2.75, 3.05) is 6.61 Å². The number of ether oxygens (including phenoxy) is 1. The number of carbonyl (C=O) groups excluding carboxylic acids is 1. The fourth-order valence-electron chi connectivity index (χ4n) is 1.73. The molecule has 1 aromatic carbocycles. The van der Waals surface area contributed by atoms with Gasteiger partial charge in [0, 0.05) is 17.7 Å². The topological polar surface area (TPSA) is 44.1 Å². The van der Waals surface area contributed by atoms with Crippen molar-refractivity contribution in [1.29, 1.82) is 0 Å². The first-order valence-corrected chi connectivity index (χ1v) is 7.27. The average molecular weight is 312 g/mol. The van der Waals surface area contributed by atoms with Gasteiger partial charge in [0.2, 0.25) is 0 Å². The van der Waals surface area contributed by atoms with Gasteiger partial charge in [-0.1, -0.05) is 0 Å². The van der Waals surface area contributed by atoms with E-state index in [0.717, 1.165) is 12.1 Å². The molecular weight excluding hydrogens is 298 g/mol. The van der Waals surface area contributed by atoms with E-state index in [1.165, 1.54) is 24.0 Å². The quantitative estimate of drug-likeness (QED) is 0.628. The summed E-state index contributed by atoms with van der Waals surface area (Å²) >= 11 is 1.29. The second kappa shape index (κ2) is 6.71. The van der Waals surface area contributed by atoms with Crippen LogP contribution < -0.4 is 0 Å². The third-order valence-corrected chi connectivity index (χ3v) is 3.83. The lowest BCUT2D eigenvalue weighted by Crippen LogP contribution is -2.08. The molecule has 112 valence electrons. The Hall–Kier alpha value is -1.89. The van der Waals surface area contributed by atoms with Crippen LogP contribution in [0.15, 0.2) is 29.3 Å². The largest absolute Gasteiger partial charge is 0.462 e. The molecule has 0 bridgehead atoms. The van der Waals surface area contributed by atoms with Gasteiger partial charge in [-0.15, -0.1) is 11.8 Å². The van der Waals surface area contributed by atoms with Crippen LogP contribution >= 0.6 is 11.8 Å². The molecule has 0 radical (unpaired) electrons. The van der Waals surface area contributed by atoms with E-state index in [2.05, 4.69) is 5.10 Å². The first-order valence-electron chi connectivity index (χ1n) is 6.28. The summed E-state index contributed by atoms with van der Waals surface area (Å²) in [5, 5.41) is 4.03. The number of aromatic nitrogens is 2. The van der Waals surface area contributed by atoms with Crippen LogP contribution in [0.25, 0.3) is 0 Å². The number of esters is 1. The van der Waals surface area contributed by atoms with Crippen molar-refractivity contribution >= 4 is 17.7 Å². The lowest BCUT2D eigenvalue weighted by molar-refractivity contribution is 0.0525.